The number of aryl methyl sites for hydroxylation is 1. The van der Waals surface area contributed by atoms with Crippen LogP contribution < -0.4 is 4.74 Å². The van der Waals surface area contributed by atoms with Crippen LogP contribution in [0.15, 0.2) is 23.2 Å². The molecule has 8 heteroatoms. The smallest absolute Gasteiger partial charge is 0.231 e. The van der Waals surface area contributed by atoms with Crippen molar-refractivity contribution in [2.24, 2.45) is 0 Å². The molecule has 0 saturated carbocycles. The molecule has 1 aromatic heterocycles. The van der Waals surface area contributed by atoms with Crippen LogP contribution in [-0.4, -0.2) is 36.3 Å². The number of carbonyl (C=O) groups excluding carboxylic acids is 1. The summed E-state index contributed by atoms with van der Waals surface area (Å²) in [5.41, 5.74) is 2.21. The Morgan fingerprint density at radius 3 is 2.40 bits per heavy atom. The molecule has 1 aliphatic rings. The monoisotopic (exact) mass is 436 g/mol. The number of halogens is 1. The van der Waals surface area contributed by atoms with Crippen LogP contribution in [0, 0.1) is 5.82 Å². The Balaban J connectivity index is 1.88. The predicted molar refractivity (Wildman–Crippen MR) is 112 cm³/mol. The number of benzene rings is 1. The Morgan fingerprint density at radius 1 is 1.17 bits per heavy atom. The second kappa shape index (κ2) is 8.88. The Bertz CT molecular complexity index is 1010. The summed E-state index contributed by atoms with van der Waals surface area (Å²) in [6.45, 7) is 8.75. The van der Waals surface area contributed by atoms with E-state index in [0.717, 1.165) is 29.5 Å². The molecular formula is C22H29FN2O4S. The summed E-state index contributed by atoms with van der Waals surface area (Å²) in [6, 6.07) is 2.89. The van der Waals surface area contributed by atoms with E-state index >= 15 is 0 Å². The topological polar surface area (TPSA) is 78.3 Å². The maximum Gasteiger partial charge on any atom is 0.231 e. The Morgan fingerprint density at radius 2 is 1.80 bits per heavy atom. The van der Waals surface area contributed by atoms with Gasteiger partial charge in [0.2, 0.25) is 5.88 Å². The van der Waals surface area contributed by atoms with Gasteiger partial charge in [0, 0.05) is 13.0 Å². The van der Waals surface area contributed by atoms with Crippen LogP contribution >= 0.6 is 0 Å². The van der Waals surface area contributed by atoms with Gasteiger partial charge in [0.25, 0.3) is 0 Å². The van der Waals surface area contributed by atoms with E-state index < -0.39 is 21.4 Å². The first-order valence-corrected chi connectivity index (χ1v) is 12.0. The first-order valence-electron chi connectivity index (χ1n) is 10.4. The van der Waals surface area contributed by atoms with Crippen molar-refractivity contribution in [3.63, 3.8) is 0 Å². The quantitative estimate of drug-likeness (QED) is 0.655. The third-order valence-electron chi connectivity index (χ3n) is 5.35. The molecule has 0 unspecified atom stereocenters. The highest BCUT2D eigenvalue weighted by atomic mass is 32.2. The standard InChI is InChI=1S/C22H29FN2O4S/c1-14(2)18-9-16(23)10-19(15(3)4)20(18)11-17(26)13-30(27,28)21-12-24-25-7-5-6-8-29-22(21)25/h9-10,12,14-15H,5-8,11,13H2,1-4H3. The lowest BCUT2D eigenvalue weighted by atomic mass is 9.86. The van der Waals surface area contributed by atoms with E-state index in [9.17, 15) is 17.6 Å². The van der Waals surface area contributed by atoms with Gasteiger partial charge in [0.1, 0.15) is 16.5 Å². The molecule has 0 fully saturated rings. The number of ketones is 1. The van der Waals surface area contributed by atoms with Gasteiger partial charge < -0.3 is 4.74 Å². The molecule has 6 nitrogen and oxygen atoms in total. The highest BCUT2D eigenvalue weighted by Gasteiger charge is 2.29. The molecule has 1 aromatic carbocycles. The zero-order valence-corrected chi connectivity index (χ0v) is 18.8. The molecule has 0 saturated heterocycles. The van der Waals surface area contributed by atoms with Gasteiger partial charge in [-0.05, 0) is 53.5 Å². The van der Waals surface area contributed by atoms with E-state index in [4.69, 9.17) is 4.74 Å². The van der Waals surface area contributed by atoms with E-state index in [-0.39, 0.29) is 34.8 Å². The van der Waals surface area contributed by atoms with Crippen molar-refractivity contribution in [1.82, 2.24) is 9.78 Å². The molecule has 0 bridgehead atoms. The number of carbonyl (C=O) groups is 1. The second-order valence-electron chi connectivity index (χ2n) is 8.44. The van der Waals surface area contributed by atoms with Gasteiger partial charge in [0.05, 0.1) is 12.8 Å². The second-order valence-corrected chi connectivity index (χ2v) is 10.4. The van der Waals surface area contributed by atoms with Gasteiger partial charge in [-0.1, -0.05) is 27.7 Å². The van der Waals surface area contributed by atoms with Crippen LogP contribution in [0.2, 0.25) is 0 Å². The first kappa shape index (κ1) is 22.5. The van der Waals surface area contributed by atoms with Crippen molar-refractivity contribution in [3.8, 4) is 5.88 Å². The summed E-state index contributed by atoms with van der Waals surface area (Å²) >= 11 is 0. The Labute approximate surface area is 177 Å². The van der Waals surface area contributed by atoms with Gasteiger partial charge >= 0.3 is 0 Å². The normalized spacial score (nSPS) is 14.5. The average molecular weight is 437 g/mol. The van der Waals surface area contributed by atoms with Gasteiger partial charge in [-0.2, -0.15) is 5.10 Å². The van der Waals surface area contributed by atoms with Gasteiger partial charge in [-0.25, -0.2) is 17.5 Å². The number of rotatable bonds is 7. The molecule has 3 rings (SSSR count). The van der Waals surface area contributed by atoms with Gasteiger partial charge in [-0.15, -0.1) is 0 Å². The highest BCUT2D eigenvalue weighted by molar-refractivity contribution is 7.92. The number of hydrogen-bond donors (Lipinski definition) is 0. The zero-order chi connectivity index (χ0) is 22.1. The van der Waals surface area contributed by atoms with Crippen molar-refractivity contribution in [3.05, 3.63) is 40.8 Å². The third kappa shape index (κ3) is 4.74. The minimum absolute atomic E-state index is 0.0115. The molecule has 0 atom stereocenters. The number of aromatic nitrogens is 2. The summed E-state index contributed by atoms with van der Waals surface area (Å²) in [5, 5.41) is 4.12. The summed E-state index contributed by atoms with van der Waals surface area (Å²) in [6.07, 6.45) is 2.89. The molecule has 1 aliphatic heterocycles. The minimum Gasteiger partial charge on any atom is -0.477 e. The Kier molecular flexibility index (Phi) is 6.65. The highest BCUT2D eigenvalue weighted by Crippen LogP contribution is 2.31. The number of nitrogens with zero attached hydrogens (tertiary/aromatic N) is 2. The number of ether oxygens (including phenoxy) is 1. The SMILES string of the molecule is CC(C)c1cc(F)cc(C(C)C)c1CC(=O)CS(=O)(=O)c1cnn2c1OCCCC2. The molecule has 30 heavy (non-hydrogen) atoms. The predicted octanol–water partition coefficient (Wildman–Crippen LogP) is 4.03. The molecule has 164 valence electrons. The van der Waals surface area contributed by atoms with E-state index in [1.807, 2.05) is 27.7 Å². The fourth-order valence-electron chi connectivity index (χ4n) is 3.86. The van der Waals surface area contributed by atoms with Crippen molar-refractivity contribution in [2.75, 3.05) is 12.4 Å². The van der Waals surface area contributed by atoms with E-state index in [0.29, 0.717) is 13.2 Å². The van der Waals surface area contributed by atoms with Crippen LogP contribution in [0.25, 0.3) is 0 Å². The van der Waals surface area contributed by atoms with Crippen LogP contribution in [0.5, 0.6) is 5.88 Å². The fraction of sp³-hybridized carbons (Fsp3) is 0.545. The Hall–Kier alpha value is -2.22. The van der Waals surface area contributed by atoms with E-state index in [2.05, 4.69) is 5.10 Å². The lowest BCUT2D eigenvalue weighted by molar-refractivity contribution is -0.116. The average Bonchev–Trinajstić information content (AvgIpc) is 2.92. The van der Waals surface area contributed by atoms with Crippen LogP contribution in [-0.2, 0) is 27.6 Å². The van der Waals surface area contributed by atoms with Crippen LogP contribution in [0.1, 0.15) is 69.1 Å². The summed E-state index contributed by atoms with van der Waals surface area (Å²) in [5.74, 6) is -1.17. The van der Waals surface area contributed by atoms with E-state index in [1.54, 1.807) is 0 Å². The molecule has 0 aliphatic carbocycles. The number of sulfone groups is 1. The van der Waals surface area contributed by atoms with Crippen molar-refractivity contribution < 1.29 is 22.3 Å². The van der Waals surface area contributed by atoms with Crippen LogP contribution in [0.3, 0.4) is 0 Å². The summed E-state index contributed by atoms with van der Waals surface area (Å²) in [4.78, 5) is 12.8. The largest absolute Gasteiger partial charge is 0.477 e. The van der Waals surface area contributed by atoms with Crippen LogP contribution in [0.4, 0.5) is 4.39 Å². The lowest BCUT2D eigenvalue weighted by Crippen LogP contribution is -2.20. The molecule has 2 aromatic rings. The number of fused-ring (bicyclic) bond motifs is 1. The maximum atomic E-state index is 14.1. The molecular weight excluding hydrogens is 407 g/mol. The minimum atomic E-state index is -3.90. The fourth-order valence-corrected chi connectivity index (χ4v) is 5.18. The number of hydrogen-bond acceptors (Lipinski definition) is 5. The molecule has 2 heterocycles. The first-order chi connectivity index (χ1) is 14.1. The maximum absolute atomic E-state index is 14.1. The van der Waals surface area contributed by atoms with E-state index in [1.165, 1.54) is 23.0 Å². The molecule has 0 spiro atoms. The summed E-state index contributed by atoms with van der Waals surface area (Å²) in [7, 11) is -3.90. The van der Waals surface area contributed by atoms with Gasteiger partial charge in [-0.3, -0.25) is 4.79 Å². The lowest BCUT2D eigenvalue weighted by Gasteiger charge is -2.19. The molecule has 0 amide bonds. The van der Waals surface area contributed by atoms with Gasteiger partial charge in [0.15, 0.2) is 15.6 Å². The molecule has 0 radical (unpaired) electrons. The van der Waals surface area contributed by atoms with Crippen molar-refractivity contribution in [1.29, 1.82) is 0 Å². The van der Waals surface area contributed by atoms with Crippen molar-refractivity contribution in [2.45, 2.75) is 70.2 Å². The molecule has 0 N–H and O–H groups in total. The summed E-state index contributed by atoms with van der Waals surface area (Å²) < 4.78 is 47.2. The zero-order valence-electron chi connectivity index (χ0n) is 17.9. The third-order valence-corrected chi connectivity index (χ3v) is 7.00. The van der Waals surface area contributed by atoms with Crippen molar-refractivity contribution >= 4 is 15.6 Å². The number of Topliss-reactive ketones (excluding diaryl/α,β-unsaturated/α-hetero) is 1.